The number of halogens is 2. The summed E-state index contributed by atoms with van der Waals surface area (Å²) in [5.74, 6) is 0.762. The number of hydrogen-bond acceptors (Lipinski definition) is 2. The Balaban J connectivity index is 2.35. The Morgan fingerprint density at radius 2 is 1.95 bits per heavy atom. The summed E-state index contributed by atoms with van der Waals surface area (Å²) >= 11 is 12.2. The van der Waals surface area contributed by atoms with Gasteiger partial charge in [-0.05, 0) is 25.1 Å². The van der Waals surface area contributed by atoms with Gasteiger partial charge >= 0.3 is 0 Å². The molecule has 1 unspecified atom stereocenters. The van der Waals surface area contributed by atoms with Crippen molar-refractivity contribution in [1.29, 1.82) is 0 Å². The zero-order valence-electron chi connectivity index (χ0n) is 10.2. The Labute approximate surface area is 120 Å². The van der Waals surface area contributed by atoms with Crippen LogP contribution in [0, 0.1) is 0 Å². The predicted molar refractivity (Wildman–Crippen MR) is 78.1 cm³/mol. The van der Waals surface area contributed by atoms with Gasteiger partial charge in [0.25, 0.3) is 0 Å². The molecule has 2 heterocycles. The van der Waals surface area contributed by atoms with Crippen LogP contribution in [0.15, 0.2) is 42.6 Å². The lowest BCUT2D eigenvalue weighted by atomic mass is 10.3. The molecule has 3 nitrogen and oxygen atoms in total. The van der Waals surface area contributed by atoms with Gasteiger partial charge in [-0.2, -0.15) is 0 Å². The van der Waals surface area contributed by atoms with Gasteiger partial charge in [0.2, 0.25) is 0 Å². The maximum atomic E-state index is 6.23. The first-order chi connectivity index (χ1) is 9.16. The van der Waals surface area contributed by atoms with E-state index in [-0.39, 0.29) is 5.38 Å². The molecule has 0 saturated heterocycles. The van der Waals surface area contributed by atoms with Crippen molar-refractivity contribution in [3.8, 4) is 5.69 Å². The van der Waals surface area contributed by atoms with E-state index in [0.717, 1.165) is 22.7 Å². The number of fused-ring (bicyclic) bond motifs is 1. The van der Waals surface area contributed by atoms with Gasteiger partial charge in [0, 0.05) is 11.9 Å². The lowest BCUT2D eigenvalue weighted by Crippen LogP contribution is -2.02. The quantitative estimate of drug-likeness (QED) is 0.656. The van der Waals surface area contributed by atoms with Crippen molar-refractivity contribution < 1.29 is 0 Å². The summed E-state index contributed by atoms with van der Waals surface area (Å²) in [7, 11) is 0. The van der Waals surface area contributed by atoms with Crippen LogP contribution in [0.25, 0.3) is 16.9 Å². The number of alkyl halides is 1. The smallest absolute Gasteiger partial charge is 0.164 e. The first kappa shape index (κ1) is 12.5. The van der Waals surface area contributed by atoms with Crippen LogP contribution >= 0.6 is 23.2 Å². The third-order valence-electron chi connectivity index (χ3n) is 2.86. The molecule has 0 aliphatic heterocycles. The van der Waals surface area contributed by atoms with E-state index in [1.807, 2.05) is 41.8 Å². The molecule has 2 aromatic heterocycles. The van der Waals surface area contributed by atoms with Gasteiger partial charge in [-0.3, -0.25) is 4.57 Å². The van der Waals surface area contributed by atoms with Crippen LogP contribution in [-0.2, 0) is 0 Å². The van der Waals surface area contributed by atoms with Crippen molar-refractivity contribution in [2.75, 3.05) is 0 Å². The van der Waals surface area contributed by atoms with Gasteiger partial charge in [-0.15, -0.1) is 11.6 Å². The molecule has 0 amide bonds. The molecule has 1 atom stereocenters. The van der Waals surface area contributed by atoms with Gasteiger partial charge in [0.15, 0.2) is 5.65 Å². The Morgan fingerprint density at radius 1 is 1.21 bits per heavy atom. The maximum absolute atomic E-state index is 6.23. The molecule has 5 heteroatoms. The number of nitrogens with zero attached hydrogens (tertiary/aromatic N) is 3. The van der Waals surface area contributed by atoms with E-state index in [0.29, 0.717) is 5.02 Å². The summed E-state index contributed by atoms with van der Waals surface area (Å²) in [6.07, 6.45) is 1.62. The van der Waals surface area contributed by atoms with Crippen molar-refractivity contribution in [2.24, 2.45) is 0 Å². The number of pyridine rings is 1. The van der Waals surface area contributed by atoms with E-state index in [1.54, 1.807) is 12.3 Å². The van der Waals surface area contributed by atoms with E-state index < -0.39 is 0 Å². The molecule has 0 saturated carbocycles. The summed E-state index contributed by atoms with van der Waals surface area (Å²) in [5, 5.41) is 0.354. The Morgan fingerprint density at radius 3 is 2.63 bits per heavy atom. The summed E-state index contributed by atoms with van der Waals surface area (Å²) in [6.45, 7) is 1.89. The minimum absolute atomic E-state index is 0.215. The second kappa shape index (κ2) is 4.83. The monoisotopic (exact) mass is 291 g/mol. The van der Waals surface area contributed by atoms with Crippen molar-refractivity contribution in [1.82, 2.24) is 14.5 Å². The zero-order chi connectivity index (χ0) is 13.4. The van der Waals surface area contributed by atoms with Crippen LogP contribution in [0.5, 0.6) is 0 Å². The number of benzene rings is 1. The van der Waals surface area contributed by atoms with E-state index in [4.69, 9.17) is 23.2 Å². The molecule has 0 aliphatic carbocycles. The Hall–Kier alpha value is -1.58. The third-order valence-corrected chi connectivity index (χ3v) is 3.26. The lowest BCUT2D eigenvalue weighted by Gasteiger charge is -2.09. The normalized spacial score (nSPS) is 12.8. The Bertz CT molecular complexity index is 720. The van der Waals surface area contributed by atoms with Crippen LogP contribution in [0.2, 0.25) is 5.02 Å². The lowest BCUT2D eigenvalue weighted by molar-refractivity contribution is 0.877. The summed E-state index contributed by atoms with van der Waals surface area (Å²) in [6, 6.07) is 11.7. The second-order valence-corrected chi connectivity index (χ2v) is 5.34. The molecular formula is C14H11Cl2N3. The molecule has 3 rings (SSSR count). The van der Waals surface area contributed by atoms with Crippen molar-refractivity contribution >= 4 is 34.4 Å². The van der Waals surface area contributed by atoms with Crippen molar-refractivity contribution in [2.45, 2.75) is 12.3 Å². The van der Waals surface area contributed by atoms with Crippen LogP contribution < -0.4 is 0 Å². The first-order valence-electron chi connectivity index (χ1n) is 5.90. The molecule has 0 bridgehead atoms. The molecule has 1 aromatic carbocycles. The maximum Gasteiger partial charge on any atom is 0.164 e. The highest BCUT2D eigenvalue weighted by Gasteiger charge is 2.17. The minimum atomic E-state index is -0.215. The summed E-state index contributed by atoms with van der Waals surface area (Å²) in [4.78, 5) is 8.90. The molecule has 0 aliphatic rings. The fraction of sp³-hybridized carbons (Fsp3) is 0.143. The molecule has 96 valence electrons. The van der Waals surface area contributed by atoms with Crippen molar-refractivity contribution in [3.05, 3.63) is 53.4 Å². The highest BCUT2D eigenvalue weighted by molar-refractivity contribution is 6.31. The average Bonchev–Trinajstić information content (AvgIpc) is 2.78. The standard InChI is InChI=1S/C14H11Cl2N3/c1-9(15)13-18-12-7-10(16)8-17-14(12)19(13)11-5-3-2-4-6-11/h2-9H,1H3. The number of para-hydroxylation sites is 1. The summed E-state index contributed by atoms with van der Waals surface area (Å²) < 4.78 is 1.96. The van der Waals surface area contributed by atoms with Gasteiger partial charge in [-0.1, -0.05) is 29.8 Å². The van der Waals surface area contributed by atoms with E-state index in [1.165, 1.54) is 0 Å². The molecule has 0 fully saturated rings. The fourth-order valence-corrected chi connectivity index (χ4v) is 2.35. The van der Waals surface area contributed by atoms with E-state index >= 15 is 0 Å². The number of aromatic nitrogens is 3. The molecule has 3 aromatic rings. The van der Waals surface area contributed by atoms with Gasteiger partial charge in [-0.25, -0.2) is 9.97 Å². The van der Waals surface area contributed by atoms with Gasteiger partial charge < -0.3 is 0 Å². The van der Waals surface area contributed by atoms with Crippen LogP contribution in [0.1, 0.15) is 18.1 Å². The predicted octanol–water partition coefficient (Wildman–Crippen LogP) is 4.37. The van der Waals surface area contributed by atoms with Crippen LogP contribution in [0.3, 0.4) is 0 Å². The first-order valence-corrected chi connectivity index (χ1v) is 6.71. The molecule has 0 radical (unpaired) electrons. The van der Waals surface area contributed by atoms with Gasteiger partial charge in [0.05, 0.1) is 10.4 Å². The molecule has 0 N–H and O–H groups in total. The number of imidazole rings is 1. The molecule has 19 heavy (non-hydrogen) atoms. The highest BCUT2D eigenvalue weighted by atomic mass is 35.5. The van der Waals surface area contributed by atoms with Crippen LogP contribution in [0.4, 0.5) is 0 Å². The SMILES string of the molecule is CC(Cl)c1nc2cc(Cl)cnc2n1-c1ccccc1. The van der Waals surface area contributed by atoms with Crippen LogP contribution in [-0.4, -0.2) is 14.5 Å². The number of hydrogen-bond donors (Lipinski definition) is 0. The van der Waals surface area contributed by atoms with Crippen molar-refractivity contribution in [3.63, 3.8) is 0 Å². The largest absolute Gasteiger partial charge is 0.279 e. The zero-order valence-corrected chi connectivity index (χ0v) is 11.7. The third kappa shape index (κ3) is 2.20. The molecular weight excluding hydrogens is 281 g/mol. The van der Waals surface area contributed by atoms with E-state index in [2.05, 4.69) is 9.97 Å². The Kier molecular flexibility index (Phi) is 3.17. The average molecular weight is 292 g/mol. The van der Waals surface area contributed by atoms with E-state index in [9.17, 15) is 0 Å². The fourth-order valence-electron chi connectivity index (χ4n) is 2.06. The topological polar surface area (TPSA) is 30.7 Å². The second-order valence-electron chi connectivity index (χ2n) is 4.25. The summed E-state index contributed by atoms with van der Waals surface area (Å²) in [5.41, 5.74) is 2.50. The highest BCUT2D eigenvalue weighted by Crippen LogP contribution is 2.28. The molecule has 0 spiro atoms. The number of rotatable bonds is 2. The van der Waals surface area contributed by atoms with Gasteiger partial charge in [0.1, 0.15) is 11.3 Å². The minimum Gasteiger partial charge on any atom is -0.279 e.